The summed E-state index contributed by atoms with van der Waals surface area (Å²) in [5, 5.41) is 17.5. The quantitative estimate of drug-likeness (QED) is 0.439. The van der Waals surface area contributed by atoms with Gasteiger partial charge in [0.2, 0.25) is 0 Å². The average Bonchev–Trinajstić information content (AvgIpc) is 3.26. The average molecular weight is 478 g/mol. The molecule has 0 unspecified atom stereocenters. The van der Waals surface area contributed by atoms with Crippen LogP contribution >= 0.6 is 0 Å². The van der Waals surface area contributed by atoms with Crippen molar-refractivity contribution in [2.75, 3.05) is 43.5 Å². The fourth-order valence-corrected chi connectivity index (χ4v) is 5.60. The van der Waals surface area contributed by atoms with Crippen LogP contribution in [0, 0.1) is 11.3 Å². The Labute approximate surface area is 212 Å². The zero-order valence-corrected chi connectivity index (χ0v) is 20.5. The molecule has 0 bridgehead atoms. The van der Waals surface area contributed by atoms with Gasteiger partial charge in [0.25, 0.3) is 0 Å². The smallest absolute Gasteiger partial charge is 0.182 e. The van der Waals surface area contributed by atoms with Gasteiger partial charge in [0.05, 0.1) is 5.56 Å². The lowest BCUT2D eigenvalue weighted by atomic mass is 9.94. The molecule has 182 valence electrons. The van der Waals surface area contributed by atoms with Crippen molar-refractivity contribution < 1.29 is 0 Å². The summed E-state index contributed by atoms with van der Waals surface area (Å²) in [6.07, 6.45) is 5.25. The van der Waals surface area contributed by atoms with Crippen molar-refractivity contribution >= 4 is 5.69 Å². The van der Waals surface area contributed by atoms with Crippen LogP contribution in [0.4, 0.5) is 5.69 Å². The van der Waals surface area contributed by atoms with Gasteiger partial charge in [-0.3, -0.25) is 9.91 Å². The van der Waals surface area contributed by atoms with Crippen LogP contribution in [0.5, 0.6) is 0 Å². The summed E-state index contributed by atoms with van der Waals surface area (Å²) < 4.78 is 0. The van der Waals surface area contributed by atoms with E-state index in [1.807, 2.05) is 24.3 Å². The second kappa shape index (κ2) is 9.63. The molecule has 7 heteroatoms. The van der Waals surface area contributed by atoms with E-state index in [1.165, 1.54) is 16.7 Å². The number of hydrogen-bond acceptors (Lipinski definition) is 6. The number of nitrogen functional groups attached to an aromatic ring is 1. The van der Waals surface area contributed by atoms with Gasteiger partial charge in [0, 0.05) is 44.0 Å². The highest BCUT2D eigenvalue weighted by Crippen LogP contribution is 2.40. The highest BCUT2D eigenvalue weighted by molar-refractivity contribution is 5.78. The van der Waals surface area contributed by atoms with Gasteiger partial charge in [-0.15, -0.1) is 5.10 Å². The first kappa shape index (κ1) is 22.6. The second-order valence-corrected chi connectivity index (χ2v) is 9.83. The molecular formula is C29H31N7. The number of fused-ring (bicyclic) bond motifs is 3. The van der Waals surface area contributed by atoms with E-state index in [9.17, 15) is 5.26 Å². The lowest BCUT2D eigenvalue weighted by molar-refractivity contribution is 0.238. The molecule has 0 spiro atoms. The van der Waals surface area contributed by atoms with Crippen LogP contribution in [0.3, 0.4) is 0 Å². The fraction of sp³-hybridized carbons (Fsp3) is 0.345. The van der Waals surface area contributed by atoms with Gasteiger partial charge in [0.15, 0.2) is 5.82 Å². The minimum absolute atomic E-state index is 0.632. The Morgan fingerprint density at radius 1 is 0.889 bits per heavy atom. The highest BCUT2D eigenvalue weighted by Gasteiger charge is 2.32. The molecule has 36 heavy (non-hydrogen) atoms. The summed E-state index contributed by atoms with van der Waals surface area (Å²) in [6.45, 7) is 4.79. The molecule has 0 aromatic heterocycles. The van der Waals surface area contributed by atoms with E-state index in [-0.39, 0.29) is 0 Å². The van der Waals surface area contributed by atoms with Gasteiger partial charge in [-0.1, -0.05) is 30.3 Å². The van der Waals surface area contributed by atoms with Gasteiger partial charge in [0.1, 0.15) is 17.5 Å². The molecule has 7 nitrogen and oxygen atoms in total. The van der Waals surface area contributed by atoms with Crippen molar-refractivity contribution in [1.29, 1.82) is 5.26 Å². The van der Waals surface area contributed by atoms with Crippen LogP contribution in [0.25, 0.3) is 22.8 Å². The highest BCUT2D eigenvalue weighted by atomic mass is 15.7. The largest absolute Gasteiger partial charge is 0.399 e. The summed E-state index contributed by atoms with van der Waals surface area (Å²) in [5.74, 6) is 0.632. The maximum absolute atomic E-state index is 10.1. The first-order chi connectivity index (χ1) is 17.7. The lowest BCUT2D eigenvalue weighted by Gasteiger charge is -2.37. The van der Waals surface area contributed by atoms with Gasteiger partial charge >= 0.3 is 0 Å². The molecule has 2 aliphatic heterocycles. The minimum atomic E-state index is 0.632. The van der Waals surface area contributed by atoms with Crippen LogP contribution in [0.2, 0.25) is 0 Å². The molecular weight excluding hydrogens is 446 g/mol. The number of nitriles is 1. The Hall–Kier alpha value is -3.89. The van der Waals surface area contributed by atoms with Gasteiger partial charge in [-0.05, 0) is 73.1 Å². The maximum atomic E-state index is 10.1. The number of benzene rings is 2. The van der Waals surface area contributed by atoms with E-state index in [2.05, 4.69) is 51.1 Å². The minimum Gasteiger partial charge on any atom is -0.399 e. The molecule has 6 rings (SSSR count). The number of nitrogens with two attached hydrogens (primary N) is 1. The van der Waals surface area contributed by atoms with Gasteiger partial charge in [-0.2, -0.15) is 10.1 Å². The normalized spacial score (nSPS) is 16.1. The molecule has 2 aromatic rings. The SMILES string of the molecule is N#Cc1c2nc(-c3ccc(N)cc3)nn(N3CCN(CCc4ccccc4)CC3)c-2c2c1CCCC2. The summed E-state index contributed by atoms with van der Waals surface area (Å²) in [4.78, 5) is 9.56. The van der Waals surface area contributed by atoms with E-state index < -0.39 is 0 Å². The molecule has 1 fully saturated rings. The monoisotopic (exact) mass is 477 g/mol. The molecule has 2 aromatic carbocycles. The molecule has 0 atom stereocenters. The summed E-state index contributed by atoms with van der Waals surface area (Å²) in [5.41, 5.74) is 13.9. The molecule has 0 amide bonds. The third kappa shape index (κ3) is 4.18. The Bertz CT molecular complexity index is 1360. The number of piperazine rings is 1. The number of rotatable bonds is 5. The van der Waals surface area contributed by atoms with Crippen LogP contribution in [-0.2, 0) is 19.3 Å². The van der Waals surface area contributed by atoms with Crippen LogP contribution in [0.15, 0.2) is 54.6 Å². The van der Waals surface area contributed by atoms with Crippen molar-refractivity contribution in [3.63, 3.8) is 0 Å². The number of aromatic nitrogens is 3. The Balaban J connectivity index is 1.33. The topological polar surface area (TPSA) is 87.0 Å². The molecule has 0 saturated carbocycles. The van der Waals surface area contributed by atoms with Crippen molar-refractivity contribution in [2.45, 2.75) is 32.1 Å². The molecule has 2 heterocycles. The van der Waals surface area contributed by atoms with E-state index in [0.29, 0.717) is 11.5 Å². The van der Waals surface area contributed by atoms with E-state index >= 15 is 0 Å². The van der Waals surface area contributed by atoms with E-state index in [4.69, 9.17) is 15.8 Å². The number of anilines is 1. The predicted molar refractivity (Wildman–Crippen MR) is 142 cm³/mol. The predicted octanol–water partition coefficient (Wildman–Crippen LogP) is 3.88. The molecule has 4 aliphatic rings. The molecule has 2 N–H and O–H groups in total. The Kier molecular flexibility index (Phi) is 6.04. The first-order valence-corrected chi connectivity index (χ1v) is 12.9. The van der Waals surface area contributed by atoms with Crippen molar-refractivity contribution in [2.24, 2.45) is 0 Å². The van der Waals surface area contributed by atoms with E-state index in [1.54, 1.807) is 0 Å². The third-order valence-electron chi connectivity index (χ3n) is 7.58. The zero-order valence-electron chi connectivity index (χ0n) is 20.5. The molecule has 2 aliphatic carbocycles. The van der Waals surface area contributed by atoms with Crippen molar-refractivity contribution in [1.82, 2.24) is 19.8 Å². The van der Waals surface area contributed by atoms with Gasteiger partial charge < -0.3 is 5.73 Å². The lowest BCUT2D eigenvalue weighted by Crippen LogP contribution is -2.52. The standard InChI is InChI=1S/C29H31N7/c30-20-26-24-8-4-5-9-25(24)28-27(26)32-29(22-10-12-23(31)13-11-22)33-36(28)35-18-16-34(17-19-35)15-14-21-6-2-1-3-7-21/h1-3,6-7,10-13H,4-5,8-9,14-19,31H2. The van der Waals surface area contributed by atoms with Crippen molar-refractivity contribution in [3.05, 3.63) is 76.9 Å². The maximum Gasteiger partial charge on any atom is 0.182 e. The van der Waals surface area contributed by atoms with Crippen LogP contribution in [0.1, 0.15) is 35.1 Å². The van der Waals surface area contributed by atoms with Crippen LogP contribution in [-0.4, -0.2) is 52.5 Å². The van der Waals surface area contributed by atoms with Crippen molar-refractivity contribution in [3.8, 4) is 28.8 Å². The Morgan fingerprint density at radius 3 is 2.33 bits per heavy atom. The zero-order chi connectivity index (χ0) is 24.5. The first-order valence-electron chi connectivity index (χ1n) is 12.9. The summed E-state index contributed by atoms with van der Waals surface area (Å²) in [6, 6.07) is 20.8. The van der Waals surface area contributed by atoms with E-state index in [0.717, 1.165) is 87.3 Å². The Morgan fingerprint density at radius 2 is 1.61 bits per heavy atom. The summed E-state index contributed by atoms with van der Waals surface area (Å²) in [7, 11) is 0. The fourth-order valence-electron chi connectivity index (χ4n) is 5.60. The van der Waals surface area contributed by atoms with Gasteiger partial charge in [-0.25, -0.2) is 4.98 Å². The second-order valence-electron chi connectivity index (χ2n) is 9.83. The third-order valence-corrected chi connectivity index (χ3v) is 7.58. The van der Waals surface area contributed by atoms with Crippen LogP contribution < -0.4 is 10.7 Å². The number of hydrogen-bond donors (Lipinski definition) is 1. The molecule has 1 saturated heterocycles. The number of nitrogens with zero attached hydrogens (tertiary/aromatic N) is 6. The summed E-state index contributed by atoms with van der Waals surface area (Å²) >= 11 is 0. The molecule has 0 radical (unpaired) electrons.